The van der Waals surface area contributed by atoms with Gasteiger partial charge in [-0.05, 0) is 26.2 Å². The van der Waals surface area contributed by atoms with Gasteiger partial charge in [-0.15, -0.1) is 0 Å². The second-order valence-corrected chi connectivity index (χ2v) is 4.50. The Hall–Kier alpha value is -0.810. The van der Waals surface area contributed by atoms with E-state index in [-0.39, 0.29) is 24.8 Å². The van der Waals surface area contributed by atoms with Gasteiger partial charge in [0.05, 0.1) is 18.8 Å². The van der Waals surface area contributed by atoms with E-state index in [0.717, 1.165) is 25.9 Å². The Labute approximate surface area is 103 Å². The molecule has 1 rings (SSSR count). The molecule has 5 heteroatoms. The van der Waals surface area contributed by atoms with Crippen molar-refractivity contribution in [1.82, 2.24) is 10.2 Å². The Morgan fingerprint density at radius 1 is 1.59 bits per heavy atom. The van der Waals surface area contributed by atoms with E-state index < -0.39 is 0 Å². The molecule has 2 N–H and O–H groups in total. The first-order valence-electron chi connectivity index (χ1n) is 6.47. The first-order chi connectivity index (χ1) is 8.19. The molecule has 1 heterocycles. The SMILES string of the molecule is CCCN(CCO)C(=O)NC(C)C1CCCO1. The smallest absolute Gasteiger partial charge is 0.317 e. The summed E-state index contributed by atoms with van der Waals surface area (Å²) in [4.78, 5) is 13.6. The van der Waals surface area contributed by atoms with Crippen LogP contribution < -0.4 is 5.32 Å². The van der Waals surface area contributed by atoms with Crippen LogP contribution in [0.3, 0.4) is 0 Å². The number of aliphatic hydroxyl groups is 1. The molecule has 17 heavy (non-hydrogen) atoms. The molecule has 1 fully saturated rings. The molecule has 2 unspecified atom stereocenters. The van der Waals surface area contributed by atoms with Crippen LogP contribution in [0.15, 0.2) is 0 Å². The Morgan fingerprint density at radius 2 is 2.35 bits per heavy atom. The van der Waals surface area contributed by atoms with E-state index in [1.807, 2.05) is 13.8 Å². The van der Waals surface area contributed by atoms with Crippen LogP contribution in [-0.2, 0) is 4.74 Å². The van der Waals surface area contributed by atoms with Gasteiger partial charge in [-0.3, -0.25) is 0 Å². The molecule has 0 aromatic heterocycles. The van der Waals surface area contributed by atoms with Gasteiger partial charge in [-0.2, -0.15) is 0 Å². The molecule has 0 saturated carbocycles. The summed E-state index contributed by atoms with van der Waals surface area (Å²) in [5.74, 6) is 0. The number of carbonyl (C=O) groups excluding carboxylic acids is 1. The van der Waals surface area contributed by atoms with Crippen LogP contribution in [0.4, 0.5) is 4.79 Å². The van der Waals surface area contributed by atoms with Crippen molar-refractivity contribution in [2.75, 3.05) is 26.3 Å². The number of carbonyl (C=O) groups is 1. The van der Waals surface area contributed by atoms with Crippen LogP contribution in [0.5, 0.6) is 0 Å². The molecule has 0 aromatic rings. The van der Waals surface area contributed by atoms with Crippen LogP contribution >= 0.6 is 0 Å². The average molecular weight is 244 g/mol. The minimum absolute atomic E-state index is 0.00172. The number of rotatable bonds is 6. The average Bonchev–Trinajstić information content (AvgIpc) is 2.82. The zero-order valence-electron chi connectivity index (χ0n) is 10.8. The van der Waals surface area contributed by atoms with E-state index in [2.05, 4.69) is 5.32 Å². The normalized spacial score (nSPS) is 21.2. The highest BCUT2D eigenvalue weighted by molar-refractivity contribution is 5.74. The van der Waals surface area contributed by atoms with Crippen molar-refractivity contribution in [3.8, 4) is 0 Å². The zero-order chi connectivity index (χ0) is 12.7. The highest BCUT2D eigenvalue weighted by Gasteiger charge is 2.24. The molecule has 0 spiro atoms. The molecule has 0 bridgehead atoms. The monoisotopic (exact) mass is 244 g/mol. The van der Waals surface area contributed by atoms with Crippen molar-refractivity contribution in [1.29, 1.82) is 0 Å². The molecule has 1 aliphatic rings. The summed E-state index contributed by atoms with van der Waals surface area (Å²) in [6, 6.07) is -0.0769. The third-order valence-electron chi connectivity index (χ3n) is 3.02. The summed E-state index contributed by atoms with van der Waals surface area (Å²) in [7, 11) is 0. The van der Waals surface area contributed by atoms with E-state index in [1.165, 1.54) is 0 Å². The van der Waals surface area contributed by atoms with Crippen LogP contribution in [0, 0.1) is 0 Å². The molecule has 0 aliphatic carbocycles. The summed E-state index contributed by atoms with van der Waals surface area (Å²) < 4.78 is 5.53. The molecular weight excluding hydrogens is 220 g/mol. The number of nitrogens with zero attached hydrogens (tertiary/aromatic N) is 1. The summed E-state index contributed by atoms with van der Waals surface area (Å²) in [6.45, 7) is 5.84. The van der Waals surface area contributed by atoms with E-state index in [4.69, 9.17) is 9.84 Å². The molecule has 2 amide bonds. The van der Waals surface area contributed by atoms with Gasteiger partial charge in [-0.25, -0.2) is 4.79 Å². The largest absolute Gasteiger partial charge is 0.395 e. The Balaban J connectivity index is 2.38. The second kappa shape index (κ2) is 7.50. The maximum Gasteiger partial charge on any atom is 0.317 e. The van der Waals surface area contributed by atoms with Crippen molar-refractivity contribution >= 4 is 6.03 Å². The molecule has 0 aromatic carbocycles. The van der Waals surface area contributed by atoms with Crippen molar-refractivity contribution in [3.05, 3.63) is 0 Å². The number of aliphatic hydroxyl groups excluding tert-OH is 1. The molecular formula is C12H24N2O3. The van der Waals surface area contributed by atoms with E-state index >= 15 is 0 Å². The fourth-order valence-corrected chi connectivity index (χ4v) is 2.08. The molecule has 0 radical (unpaired) electrons. The molecule has 1 aliphatic heterocycles. The maximum absolute atomic E-state index is 11.9. The van der Waals surface area contributed by atoms with Gasteiger partial charge in [0.2, 0.25) is 0 Å². The van der Waals surface area contributed by atoms with Crippen LogP contribution in [0.1, 0.15) is 33.1 Å². The van der Waals surface area contributed by atoms with Gasteiger partial charge in [0.15, 0.2) is 0 Å². The lowest BCUT2D eigenvalue weighted by molar-refractivity contribution is 0.0826. The Bertz CT molecular complexity index is 224. The van der Waals surface area contributed by atoms with Gasteiger partial charge in [0, 0.05) is 19.7 Å². The number of urea groups is 1. The van der Waals surface area contributed by atoms with Crippen LogP contribution in [-0.4, -0.2) is 54.5 Å². The predicted octanol–water partition coefficient (Wildman–Crippen LogP) is 0.968. The minimum Gasteiger partial charge on any atom is -0.395 e. The van der Waals surface area contributed by atoms with Crippen LogP contribution in [0.2, 0.25) is 0 Å². The standard InChI is InChI=1S/C12H24N2O3/c1-3-6-14(7-8-15)12(16)13-10(2)11-5-4-9-17-11/h10-11,15H,3-9H2,1-2H3,(H,13,16). The molecule has 5 nitrogen and oxygen atoms in total. The molecule has 1 saturated heterocycles. The van der Waals surface area contributed by atoms with Gasteiger partial charge >= 0.3 is 6.03 Å². The summed E-state index contributed by atoms with van der Waals surface area (Å²) in [5.41, 5.74) is 0. The van der Waals surface area contributed by atoms with Gasteiger partial charge in [-0.1, -0.05) is 6.92 Å². The number of hydrogen-bond donors (Lipinski definition) is 2. The van der Waals surface area contributed by atoms with E-state index in [9.17, 15) is 4.79 Å². The summed E-state index contributed by atoms with van der Waals surface area (Å²) in [6.07, 6.45) is 3.11. The quantitative estimate of drug-likeness (QED) is 0.732. The second-order valence-electron chi connectivity index (χ2n) is 4.50. The third kappa shape index (κ3) is 4.52. The minimum atomic E-state index is -0.107. The lowest BCUT2D eigenvalue weighted by Crippen LogP contribution is -2.48. The third-order valence-corrected chi connectivity index (χ3v) is 3.02. The van der Waals surface area contributed by atoms with Crippen molar-refractivity contribution in [2.45, 2.75) is 45.3 Å². The summed E-state index contributed by atoms with van der Waals surface area (Å²) >= 11 is 0. The van der Waals surface area contributed by atoms with Crippen molar-refractivity contribution < 1.29 is 14.6 Å². The van der Waals surface area contributed by atoms with Crippen LogP contribution in [0.25, 0.3) is 0 Å². The first-order valence-corrected chi connectivity index (χ1v) is 6.47. The van der Waals surface area contributed by atoms with Gasteiger partial charge < -0.3 is 20.1 Å². The highest BCUT2D eigenvalue weighted by Crippen LogP contribution is 2.15. The van der Waals surface area contributed by atoms with Gasteiger partial charge in [0.25, 0.3) is 0 Å². The number of amides is 2. The zero-order valence-corrected chi connectivity index (χ0v) is 10.8. The maximum atomic E-state index is 11.9. The number of ether oxygens (including phenoxy) is 1. The lowest BCUT2D eigenvalue weighted by Gasteiger charge is -2.26. The lowest BCUT2D eigenvalue weighted by atomic mass is 10.1. The predicted molar refractivity (Wildman–Crippen MR) is 65.9 cm³/mol. The van der Waals surface area contributed by atoms with Crippen molar-refractivity contribution in [3.63, 3.8) is 0 Å². The van der Waals surface area contributed by atoms with E-state index in [0.29, 0.717) is 13.1 Å². The van der Waals surface area contributed by atoms with E-state index in [1.54, 1.807) is 4.90 Å². The van der Waals surface area contributed by atoms with Gasteiger partial charge in [0.1, 0.15) is 0 Å². The number of hydrogen-bond acceptors (Lipinski definition) is 3. The molecule has 100 valence electrons. The molecule has 2 atom stereocenters. The number of nitrogens with one attached hydrogen (secondary N) is 1. The Kier molecular flexibility index (Phi) is 6.29. The fourth-order valence-electron chi connectivity index (χ4n) is 2.08. The first kappa shape index (κ1) is 14.3. The fraction of sp³-hybridized carbons (Fsp3) is 0.917. The van der Waals surface area contributed by atoms with Crippen molar-refractivity contribution in [2.24, 2.45) is 0 Å². The highest BCUT2D eigenvalue weighted by atomic mass is 16.5. The Morgan fingerprint density at radius 3 is 2.88 bits per heavy atom. The summed E-state index contributed by atoms with van der Waals surface area (Å²) in [5, 5.41) is 11.9. The topological polar surface area (TPSA) is 61.8 Å².